The van der Waals surface area contributed by atoms with Crippen LogP contribution >= 0.6 is 0 Å². The Bertz CT molecular complexity index is 404. The van der Waals surface area contributed by atoms with E-state index in [9.17, 15) is 4.79 Å². The molecule has 0 saturated carbocycles. The molecule has 0 aliphatic rings. The quantitative estimate of drug-likeness (QED) is 0.862. The van der Waals surface area contributed by atoms with Crippen LogP contribution in [0.25, 0.3) is 0 Å². The first kappa shape index (κ1) is 14.5. The Labute approximate surface area is 109 Å². The molecule has 0 unspecified atom stereocenters. The molecule has 4 nitrogen and oxygen atoms in total. The van der Waals surface area contributed by atoms with Crippen LogP contribution in [-0.4, -0.2) is 26.0 Å². The number of carbonyl (C=O) groups excluding carboxylic acids is 1. The normalized spacial score (nSPS) is 13.0. The highest BCUT2D eigenvalue weighted by atomic mass is 16.2. The van der Waals surface area contributed by atoms with Gasteiger partial charge >= 0.3 is 0 Å². The molecular weight excluding hydrogens is 226 g/mol. The van der Waals surface area contributed by atoms with E-state index in [2.05, 4.69) is 5.32 Å². The van der Waals surface area contributed by atoms with Crippen LogP contribution in [0.3, 0.4) is 0 Å². The van der Waals surface area contributed by atoms with E-state index in [4.69, 9.17) is 5.73 Å². The van der Waals surface area contributed by atoms with Crippen LogP contribution in [0.2, 0.25) is 0 Å². The van der Waals surface area contributed by atoms with E-state index in [0.717, 1.165) is 11.4 Å². The fraction of sp³-hybridized carbons (Fsp3) is 0.500. The van der Waals surface area contributed by atoms with Crippen LogP contribution in [0.4, 0.5) is 11.4 Å². The van der Waals surface area contributed by atoms with Gasteiger partial charge in [-0.15, -0.1) is 0 Å². The number of nitrogens with two attached hydrogens (primary N) is 1. The molecule has 1 atom stereocenters. The van der Waals surface area contributed by atoms with Crippen molar-refractivity contribution in [1.82, 2.24) is 0 Å². The van der Waals surface area contributed by atoms with E-state index in [1.54, 1.807) is 0 Å². The number of nitrogens with one attached hydrogen (secondary N) is 1. The Kier molecular flexibility index (Phi) is 4.35. The molecular formula is C14H23N3O. The predicted molar refractivity (Wildman–Crippen MR) is 76.8 cm³/mol. The minimum Gasteiger partial charge on any atom is -0.378 e. The first-order valence-electron chi connectivity index (χ1n) is 6.05. The molecule has 0 aliphatic carbocycles. The molecule has 0 aromatic heterocycles. The molecule has 4 heteroatoms. The lowest BCUT2D eigenvalue weighted by Gasteiger charge is -2.25. The number of hydrogen-bond acceptors (Lipinski definition) is 3. The highest BCUT2D eigenvalue weighted by molar-refractivity contribution is 5.95. The summed E-state index contributed by atoms with van der Waals surface area (Å²) >= 11 is 0. The lowest BCUT2D eigenvalue weighted by molar-refractivity contribution is -0.119. The third-order valence-electron chi connectivity index (χ3n) is 2.87. The van der Waals surface area contributed by atoms with E-state index in [1.807, 2.05) is 64.0 Å². The second-order valence-corrected chi connectivity index (χ2v) is 5.77. The summed E-state index contributed by atoms with van der Waals surface area (Å²) in [5, 5.41) is 2.83. The van der Waals surface area contributed by atoms with Gasteiger partial charge in [0.15, 0.2) is 0 Å². The Hall–Kier alpha value is -1.55. The molecule has 0 spiro atoms. The predicted octanol–water partition coefficient (Wildman–Crippen LogP) is 2.06. The van der Waals surface area contributed by atoms with Crippen LogP contribution in [0.1, 0.15) is 20.8 Å². The molecule has 3 N–H and O–H groups in total. The topological polar surface area (TPSA) is 58.4 Å². The van der Waals surface area contributed by atoms with Crippen molar-refractivity contribution in [3.63, 3.8) is 0 Å². The maximum absolute atomic E-state index is 11.9. The maximum atomic E-state index is 11.9. The smallest absolute Gasteiger partial charge is 0.241 e. The molecule has 100 valence electrons. The summed E-state index contributed by atoms with van der Waals surface area (Å²) in [6.45, 7) is 5.85. The zero-order valence-electron chi connectivity index (χ0n) is 11.8. The number of benzene rings is 1. The van der Waals surface area contributed by atoms with Crippen LogP contribution in [0.5, 0.6) is 0 Å². The van der Waals surface area contributed by atoms with E-state index in [1.165, 1.54) is 0 Å². The summed E-state index contributed by atoms with van der Waals surface area (Å²) < 4.78 is 0. The minimum atomic E-state index is -0.522. The summed E-state index contributed by atoms with van der Waals surface area (Å²) in [5.41, 5.74) is 7.52. The first-order chi connectivity index (χ1) is 8.21. The van der Waals surface area contributed by atoms with Gasteiger partial charge in [0, 0.05) is 25.5 Å². The van der Waals surface area contributed by atoms with Gasteiger partial charge in [-0.3, -0.25) is 4.79 Å². The van der Waals surface area contributed by atoms with Crippen molar-refractivity contribution in [1.29, 1.82) is 0 Å². The van der Waals surface area contributed by atoms with Crippen LogP contribution in [0, 0.1) is 5.41 Å². The Balaban J connectivity index is 2.71. The Morgan fingerprint density at radius 3 is 2.11 bits per heavy atom. The average Bonchev–Trinajstić information content (AvgIpc) is 2.27. The number of nitrogens with zero attached hydrogens (tertiary/aromatic N) is 1. The van der Waals surface area contributed by atoms with Gasteiger partial charge in [0.1, 0.15) is 0 Å². The molecule has 1 amide bonds. The summed E-state index contributed by atoms with van der Waals surface area (Å²) in [7, 11) is 3.95. The maximum Gasteiger partial charge on any atom is 0.241 e. The molecule has 0 heterocycles. The largest absolute Gasteiger partial charge is 0.378 e. The third kappa shape index (κ3) is 3.74. The number of anilines is 2. The van der Waals surface area contributed by atoms with Crippen molar-refractivity contribution in [3.8, 4) is 0 Å². The lowest BCUT2D eigenvalue weighted by atomic mass is 9.87. The van der Waals surface area contributed by atoms with Gasteiger partial charge in [-0.1, -0.05) is 20.8 Å². The highest BCUT2D eigenvalue weighted by Gasteiger charge is 2.27. The van der Waals surface area contributed by atoms with Gasteiger partial charge in [0.05, 0.1) is 6.04 Å². The third-order valence-corrected chi connectivity index (χ3v) is 2.87. The molecule has 0 bridgehead atoms. The van der Waals surface area contributed by atoms with E-state index in [0.29, 0.717) is 0 Å². The highest BCUT2D eigenvalue weighted by Crippen LogP contribution is 2.20. The zero-order valence-corrected chi connectivity index (χ0v) is 11.8. The fourth-order valence-electron chi connectivity index (χ4n) is 1.46. The molecule has 0 saturated heterocycles. The minimum absolute atomic E-state index is 0.153. The number of carbonyl (C=O) groups is 1. The Morgan fingerprint density at radius 2 is 1.72 bits per heavy atom. The van der Waals surface area contributed by atoms with Crippen molar-refractivity contribution in [2.24, 2.45) is 11.1 Å². The summed E-state index contributed by atoms with van der Waals surface area (Å²) in [5.74, 6) is -0.153. The van der Waals surface area contributed by atoms with Gasteiger partial charge in [-0.25, -0.2) is 0 Å². The van der Waals surface area contributed by atoms with Crippen molar-refractivity contribution in [3.05, 3.63) is 24.3 Å². The number of rotatable bonds is 3. The van der Waals surface area contributed by atoms with Crippen molar-refractivity contribution < 1.29 is 4.79 Å². The van der Waals surface area contributed by atoms with Gasteiger partial charge in [-0.2, -0.15) is 0 Å². The molecule has 18 heavy (non-hydrogen) atoms. The average molecular weight is 249 g/mol. The first-order valence-corrected chi connectivity index (χ1v) is 6.05. The van der Waals surface area contributed by atoms with Crippen LogP contribution in [0.15, 0.2) is 24.3 Å². The standard InChI is InChI=1S/C14H23N3O/c1-14(2,3)12(15)13(18)16-10-6-8-11(9-7-10)17(4)5/h6-9,12H,15H2,1-5H3,(H,16,18)/t12-/m0/s1. The monoisotopic (exact) mass is 249 g/mol. The van der Waals surface area contributed by atoms with E-state index in [-0.39, 0.29) is 11.3 Å². The molecule has 0 aliphatic heterocycles. The SMILES string of the molecule is CN(C)c1ccc(NC(=O)[C@H](N)C(C)(C)C)cc1. The molecule has 1 aromatic rings. The van der Waals surface area contributed by atoms with E-state index < -0.39 is 6.04 Å². The van der Waals surface area contributed by atoms with Crippen molar-refractivity contribution in [2.75, 3.05) is 24.3 Å². The van der Waals surface area contributed by atoms with Gasteiger partial charge in [0.25, 0.3) is 0 Å². The van der Waals surface area contributed by atoms with Crippen molar-refractivity contribution in [2.45, 2.75) is 26.8 Å². The van der Waals surface area contributed by atoms with Gasteiger partial charge < -0.3 is 16.0 Å². The van der Waals surface area contributed by atoms with Crippen LogP contribution < -0.4 is 16.0 Å². The second-order valence-electron chi connectivity index (χ2n) is 5.77. The Morgan fingerprint density at radius 1 is 1.22 bits per heavy atom. The van der Waals surface area contributed by atoms with Gasteiger partial charge in [-0.05, 0) is 29.7 Å². The second kappa shape index (κ2) is 5.40. The van der Waals surface area contributed by atoms with Gasteiger partial charge in [0.2, 0.25) is 5.91 Å². The zero-order chi connectivity index (χ0) is 13.9. The molecule has 1 rings (SSSR count). The van der Waals surface area contributed by atoms with Crippen molar-refractivity contribution >= 4 is 17.3 Å². The van der Waals surface area contributed by atoms with Crippen LogP contribution in [-0.2, 0) is 4.79 Å². The molecule has 1 aromatic carbocycles. The summed E-state index contributed by atoms with van der Waals surface area (Å²) in [6, 6.07) is 7.15. The van der Waals surface area contributed by atoms with E-state index >= 15 is 0 Å². The lowest BCUT2D eigenvalue weighted by Crippen LogP contribution is -2.45. The summed E-state index contributed by atoms with van der Waals surface area (Å²) in [4.78, 5) is 13.9. The molecule has 0 fully saturated rings. The molecule has 0 radical (unpaired) electrons. The number of hydrogen-bond donors (Lipinski definition) is 2. The fourth-order valence-corrected chi connectivity index (χ4v) is 1.46. The number of amides is 1. The summed E-state index contributed by atoms with van der Waals surface area (Å²) in [6.07, 6.45) is 0.